The van der Waals surface area contributed by atoms with Crippen molar-refractivity contribution >= 4 is 5.78 Å². The standard InChI is InChI=1S/C12H20O2/c1-3-5-6-7-11(13)10-8-9-14-12(10)4-2/h3,10,12H,1,4-9H2,2H3. The van der Waals surface area contributed by atoms with Gasteiger partial charge in [-0.3, -0.25) is 4.79 Å². The van der Waals surface area contributed by atoms with Gasteiger partial charge in [0, 0.05) is 18.9 Å². The summed E-state index contributed by atoms with van der Waals surface area (Å²) >= 11 is 0. The largest absolute Gasteiger partial charge is 0.377 e. The minimum absolute atomic E-state index is 0.171. The summed E-state index contributed by atoms with van der Waals surface area (Å²) < 4.78 is 5.50. The summed E-state index contributed by atoms with van der Waals surface area (Å²) in [6, 6.07) is 0. The van der Waals surface area contributed by atoms with Crippen molar-refractivity contribution in [2.45, 2.75) is 45.1 Å². The number of hydrogen-bond donors (Lipinski definition) is 0. The normalized spacial score (nSPS) is 26.4. The zero-order valence-corrected chi connectivity index (χ0v) is 9.00. The first kappa shape index (κ1) is 11.4. The average Bonchev–Trinajstić information content (AvgIpc) is 2.65. The lowest BCUT2D eigenvalue weighted by molar-refractivity contribution is -0.124. The Morgan fingerprint density at radius 2 is 2.43 bits per heavy atom. The third-order valence-corrected chi connectivity index (χ3v) is 2.86. The summed E-state index contributed by atoms with van der Waals surface area (Å²) in [5.74, 6) is 0.556. The molecule has 0 spiro atoms. The number of allylic oxidation sites excluding steroid dienone is 1. The Bertz CT molecular complexity index is 198. The lowest BCUT2D eigenvalue weighted by Gasteiger charge is -2.14. The van der Waals surface area contributed by atoms with E-state index in [-0.39, 0.29) is 12.0 Å². The molecular weight excluding hydrogens is 176 g/mol. The predicted molar refractivity (Wildman–Crippen MR) is 57.2 cm³/mol. The number of carbonyl (C=O) groups excluding carboxylic acids is 1. The highest BCUT2D eigenvalue weighted by Crippen LogP contribution is 2.25. The highest BCUT2D eigenvalue weighted by Gasteiger charge is 2.31. The number of ether oxygens (including phenoxy) is 1. The fourth-order valence-corrected chi connectivity index (χ4v) is 2.03. The molecule has 14 heavy (non-hydrogen) atoms. The lowest BCUT2D eigenvalue weighted by Crippen LogP contribution is -2.23. The summed E-state index contributed by atoms with van der Waals surface area (Å²) in [6.07, 6.45) is 6.51. The first-order valence-electron chi connectivity index (χ1n) is 5.54. The van der Waals surface area contributed by atoms with E-state index < -0.39 is 0 Å². The number of ketones is 1. The fraction of sp³-hybridized carbons (Fsp3) is 0.750. The van der Waals surface area contributed by atoms with Crippen molar-refractivity contribution in [1.29, 1.82) is 0 Å². The highest BCUT2D eigenvalue weighted by molar-refractivity contribution is 5.81. The molecule has 1 saturated heterocycles. The van der Waals surface area contributed by atoms with Gasteiger partial charge in [-0.2, -0.15) is 0 Å². The summed E-state index contributed by atoms with van der Waals surface area (Å²) in [5, 5.41) is 0. The molecule has 1 aliphatic heterocycles. The molecule has 0 amide bonds. The number of Topliss-reactive ketones (excluding diaryl/α,β-unsaturated/α-hetero) is 1. The first-order valence-corrected chi connectivity index (χ1v) is 5.54. The Balaban J connectivity index is 2.31. The van der Waals surface area contributed by atoms with E-state index in [1.54, 1.807) is 0 Å². The molecule has 1 rings (SSSR count). The van der Waals surface area contributed by atoms with E-state index in [2.05, 4.69) is 13.5 Å². The van der Waals surface area contributed by atoms with Crippen LogP contribution in [0, 0.1) is 5.92 Å². The van der Waals surface area contributed by atoms with Crippen molar-refractivity contribution in [3.63, 3.8) is 0 Å². The van der Waals surface area contributed by atoms with Gasteiger partial charge in [0.2, 0.25) is 0 Å². The van der Waals surface area contributed by atoms with Crippen molar-refractivity contribution in [3.05, 3.63) is 12.7 Å². The fourth-order valence-electron chi connectivity index (χ4n) is 2.03. The molecule has 0 aromatic carbocycles. The second-order valence-corrected chi connectivity index (χ2v) is 3.86. The van der Waals surface area contributed by atoms with E-state index in [9.17, 15) is 4.79 Å². The minimum atomic E-state index is 0.171. The molecule has 2 atom stereocenters. The van der Waals surface area contributed by atoms with Crippen LogP contribution in [0.2, 0.25) is 0 Å². The number of carbonyl (C=O) groups is 1. The van der Waals surface area contributed by atoms with E-state index in [0.29, 0.717) is 12.2 Å². The quantitative estimate of drug-likeness (QED) is 0.482. The van der Waals surface area contributed by atoms with Crippen LogP contribution in [0.15, 0.2) is 12.7 Å². The van der Waals surface area contributed by atoms with Gasteiger partial charge in [-0.25, -0.2) is 0 Å². The highest BCUT2D eigenvalue weighted by atomic mass is 16.5. The van der Waals surface area contributed by atoms with Crippen molar-refractivity contribution in [1.82, 2.24) is 0 Å². The van der Waals surface area contributed by atoms with Gasteiger partial charge in [0.15, 0.2) is 0 Å². The van der Waals surface area contributed by atoms with Gasteiger partial charge < -0.3 is 4.74 Å². The van der Waals surface area contributed by atoms with E-state index in [1.165, 1.54) is 0 Å². The molecule has 2 nitrogen and oxygen atoms in total. The second kappa shape index (κ2) is 5.97. The predicted octanol–water partition coefficient (Wildman–Crippen LogP) is 2.73. The zero-order valence-electron chi connectivity index (χ0n) is 9.00. The van der Waals surface area contributed by atoms with Crippen LogP contribution in [-0.2, 0) is 9.53 Å². The Kier molecular flexibility index (Phi) is 4.88. The summed E-state index contributed by atoms with van der Waals surface area (Å²) in [4.78, 5) is 11.8. The smallest absolute Gasteiger partial charge is 0.138 e. The molecule has 1 fully saturated rings. The first-order chi connectivity index (χ1) is 6.79. The van der Waals surface area contributed by atoms with Crippen LogP contribution in [0.5, 0.6) is 0 Å². The molecule has 0 aromatic rings. The molecule has 0 aliphatic carbocycles. The molecule has 0 bridgehead atoms. The molecule has 0 radical (unpaired) electrons. The maximum Gasteiger partial charge on any atom is 0.138 e. The van der Waals surface area contributed by atoms with Crippen molar-refractivity contribution in [3.8, 4) is 0 Å². The monoisotopic (exact) mass is 196 g/mol. The summed E-state index contributed by atoms with van der Waals surface area (Å²) in [6.45, 7) is 6.49. The van der Waals surface area contributed by atoms with Gasteiger partial charge in [-0.15, -0.1) is 6.58 Å². The van der Waals surface area contributed by atoms with E-state index in [0.717, 1.165) is 32.3 Å². The van der Waals surface area contributed by atoms with Crippen molar-refractivity contribution in [2.24, 2.45) is 5.92 Å². The molecular formula is C12H20O2. The molecule has 1 aliphatic rings. The topological polar surface area (TPSA) is 26.3 Å². The van der Waals surface area contributed by atoms with Gasteiger partial charge in [-0.05, 0) is 25.7 Å². The third kappa shape index (κ3) is 2.95. The van der Waals surface area contributed by atoms with E-state index in [1.807, 2.05) is 6.08 Å². The molecule has 0 saturated carbocycles. The van der Waals surface area contributed by atoms with Gasteiger partial charge in [-0.1, -0.05) is 13.0 Å². The molecule has 0 aromatic heterocycles. The second-order valence-electron chi connectivity index (χ2n) is 3.86. The van der Waals surface area contributed by atoms with Crippen LogP contribution in [0.1, 0.15) is 39.0 Å². The van der Waals surface area contributed by atoms with Crippen LogP contribution < -0.4 is 0 Å². The van der Waals surface area contributed by atoms with Crippen LogP contribution in [-0.4, -0.2) is 18.5 Å². The molecule has 1 heterocycles. The Labute approximate surface area is 86.3 Å². The van der Waals surface area contributed by atoms with Gasteiger partial charge in [0.1, 0.15) is 5.78 Å². The van der Waals surface area contributed by atoms with E-state index >= 15 is 0 Å². The van der Waals surface area contributed by atoms with E-state index in [4.69, 9.17) is 4.74 Å². The van der Waals surface area contributed by atoms with Crippen LogP contribution in [0.4, 0.5) is 0 Å². The van der Waals surface area contributed by atoms with Crippen LogP contribution in [0.25, 0.3) is 0 Å². The van der Waals surface area contributed by atoms with Crippen molar-refractivity contribution < 1.29 is 9.53 Å². The third-order valence-electron chi connectivity index (χ3n) is 2.86. The number of unbranched alkanes of at least 4 members (excludes halogenated alkanes) is 1. The molecule has 2 unspecified atom stereocenters. The van der Waals surface area contributed by atoms with Gasteiger partial charge in [0.25, 0.3) is 0 Å². The molecule has 2 heteroatoms. The molecule has 80 valence electrons. The van der Waals surface area contributed by atoms with Crippen molar-refractivity contribution in [2.75, 3.05) is 6.61 Å². The van der Waals surface area contributed by atoms with Gasteiger partial charge in [0.05, 0.1) is 6.10 Å². The molecule has 0 N–H and O–H groups in total. The van der Waals surface area contributed by atoms with Gasteiger partial charge >= 0.3 is 0 Å². The zero-order chi connectivity index (χ0) is 10.4. The lowest BCUT2D eigenvalue weighted by atomic mass is 9.92. The average molecular weight is 196 g/mol. The minimum Gasteiger partial charge on any atom is -0.377 e. The Morgan fingerprint density at radius 3 is 3.07 bits per heavy atom. The van der Waals surface area contributed by atoms with Crippen LogP contribution >= 0.6 is 0 Å². The number of hydrogen-bond acceptors (Lipinski definition) is 2. The Hall–Kier alpha value is -0.630. The maximum absolute atomic E-state index is 11.8. The number of rotatable bonds is 6. The Morgan fingerprint density at radius 1 is 1.64 bits per heavy atom. The summed E-state index contributed by atoms with van der Waals surface area (Å²) in [5.41, 5.74) is 0. The summed E-state index contributed by atoms with van der Waals surface area (Å²) in [7, 11) is 0. The maximum atomic E-state index is 11.8. The SMILES string of the molecule is C=CCCCC(=O)C1CCOC1CC. The van der Waals surface area contributed by atoms with Crippen LogP contribution in [0.3, 0.4) is 0 Å².